The van der Waals surface area contributed by atoms with Crippen LogP contribution >= 0.6 is 23.4 Å². The Morgan fingerprint density at radius 2 is 1.95 bits per heavy atom. The highest BCUT2D eigenvalue weighted by Gasteiger charge is 2.02. The number of benzene rings is 1. The van der Waals surface area contributed by atoms with Gasteiger partial charge in [0.05, 0.1) is 0 Å². The fourth-order valence-electron chi connectivity index (χ4n) is 1.43. The normalized spacial score (nSPS) is 10.3. The molecule has 0 radical (unpaired) electrons. The molecule has 0 aliphatic rings. The molecule has 0 saturated heterocycles. The third kappa shape index (κ3) is 4.51. The van der Waals surface area contributed by atoms with Gasteiger partial charge in [-0.2, -0.15) is 0 Å². The van der Waals surface area contributed by atoms with Crippen molar-refractivity contribution >= 4 is 35.1 Å². The van der Waals surface area contributed by atoms with Crippen LogP contribution in [0.1, 0.15) is 18.9 Å². The summed E-state index contributed by atoms with van der Waals surface area (Å²) in [5, 5.41) is 12.2. The highest BCUT2D eigenvalue weighted by molar-refractivity contribution is 7.98. The molecule has 1 N–H and O–H groups in total. The van der Waals surface area contributed by atoms with Crippen molar-refractivity contribution in [3.63, 3.8) is 0 Å². The Balaban J connectivity index is 1.90. The maximum absolute atomic E-state index is 11.2. The van der Waals surface area contributed by atoms with Crippen molar-refractivity contribution in [2.75, 3.05) is 5.32 Å². The van der Waals surface area contributed by atoms with Crippen LogP contribution in [0.3, 0.4) is 0 Å². The molecule has 0 atom stereocenters. The molecule has 0 saturated carbocycles. The van der Waals surface area contributed by atoms with E-state index < -0.39 is 0 Å². The van der Waals surface area contributed by atoms with Crippen LogP contribution in [0.15, 0.2) is 41.4 Å². The topological polar surface area (TPSA) is 54.9 Å². The second-order valence-electron chi connectivity index (χ2n) is 4.07. The number of aromatic nitrogens is 2. The summed E-state index contributed by atoms with van der Waals surface area (Å²) in [5.41, 5.74) is 1.17. The Labute approximate surface area is 126 Å². The Kier molecular flexibility index (Phi) is 5.38. The Morgan fingerprint density at radius 1 is 1.20 bits per heavy atom. The number of anilines is 1. The second-order valence-corrected chi connectivity index (χ2v) is 5.51. The SMILES string of the molecule is CCC(=O)Nc1ccc(SCc2ccc(Cl)cc2)nn1. The molecule has 1 aromatic heterocycles. The van der Waals surface area contributed by atoms with E-state index in [0.29, 0.717) is 12.2 Å². The van der Waals surface area contributed by atoms with Crippen molar-refractivity contribution in [1.29, 1.82) is 0 Å². The molecule has 1 aromatic carbocycles. The van der Waals surface area contributed by atoms with E-state index in [1.165, 1.54) is 5.56 Å². The fraction of sp³-hybridized carbons (Fsp3) is 0.214. The molecule has 1 amide bonds. The number of hydrogen-bond donors (Lipinski definition) is 1. The lowest BCUT2D eigenvalue weighted by Gasteiger charge is -2.03. The second kappa shape index (κ2) is 7.26. The first kappa shape index (κ1) is 14.8. The lowest BCUT2D eigenvalue weighted by atomic mass is 10.2. The van der Waals surface area contributed by atoms with Crippen molar-refractivity contribution in [3.8, 4) is 0 Å². The smallest absolute Gasteiger partial charge is 0.225 e. The van der Waals surface area contributed by atoms with E-state index in [9.17, 15) is 4.79 Å². The first-order valence-electron chi connectivity index (χ1n) is 6.18. The van der Waals surface area contributed by atoms with Crippen LogP contribution in [-0.4, -0.2) is 16.1 Å². The van der Waals surface area contributed by atoms with Crippen LogP contribution in [0, 0.1) is 0 Å². The molecule has 0 aliphatic heterocycles. The van der Waals surface area contributed by atoms with Crippen molar-refractivity contribution in [1.82, 2.24) is 10.2 Å². The van der Waals surface area contributed by atoms with E-state index >= 15 is 0 Å². The van der Waals surface area contributed by atoms with Crippen LogP contribution in [0.4, 0.5) is 5.82 Å². The molecule has 2 aromatic rings. The van der Waals surface area contributed by atoms with E-state index in [0.717, 1.165) is 15.8 Å². The number of nitrogens with one attached hydrogen (secondary N) is 1. The van der Waals surface area contributed by atoms with Crippen LogP contribution in [0.25, 0.3) is 0 Å². The van der Waals surface area contributed by atoms with Gasteiger partial charge >= 0.3 is 0 Å². The van der Waals surface area contributed by atoms with Crippen molar-refractivity contribution in [2.24, 2.45) is 0 Å². The van der Waals surface area contributed by atoms with Crippen molar-refractivity contribution < 1.29 is 4.79 Å². The van der Waals surface area contributed by atoms with Gasteiger partial charge < -0.3 is 5.32 Å². The summed E-state index contributed by atoms with van der Waals surface area (Å²) in [5.74, 6) is 1.21. The minimum Gasteiger partial charge on any atom is -0.309 e. The van der Waals surface area contributed by atoms with Gasteiger partial charge in [-0.1, -0.05) is 42.4 Å². The number of halogens is 1. The quantitative estimate of drug-likeness (QED) is 0.854. The molecule has 6 heteroatoms. The third-order valence-electron chi connectivity index (χ3n) is 2.53. The van der Waals surface area contributed by atoms with E-state index in [-0.39, 0.29) is 5.91 Å². The minimum absolute atomic E-state index is 0.0686. The molecule has 0 aliphatic carbocycles. The highest BCUT2D eigenvalue weighted by atomic mass is 35.5. The van der Waals surface area contributed by atoms with Crippen LogP contribution in [0.2, 0.25) is 5.02 Å². The van der Waals surface area contributed by atoms with Crippen LogP contribution in [-0.2, 0) is 10.5 Å². The maximum Gasteiger partial charge on any atom is 0.225 e. The molecule has 4 nitrogen and oxygen atoms in total. The Morgan fingerprint density at radius 3 is 2.55 bits per heavy atom. The summed E-state index contributed by atoms with van der Waals surface area (Å²) < 4.78 is 0. The summed E-state index contributed by atoms with van der Waals surface area (Å²) in [7, 11) is 0. The monoisotopic (exact) mass is 307 g/mol. The van der Waals surface area contributed by atoms with Gasteiger partial charge in [-0.15, -0.1) is 10.2 Å². The van der Waals surface area contributed by atoms with Gasteiger partial charge in [0.2, 0.25) is 5.91 Å². The number of carbonyl (C=O) groups excluding carboxylic acids is 1. The van der Waals surface area contributed by atoms with E-state index in [2.05, 4.69) is 15.5 Å². The number of amides is 1. The molecular formula is C14H14ClN3OS. The average molecular weight is 308 g/mol. The lowest BCUT2D eigenvalue weighted by molar-refractivity contribution is -0.115. The van der Waals surface area contributed by atoms with E-state index in [4.69, 9.17) is 11.6 Å². The summed E-state index contributed by atoms with van der Waals surface area (Å²) in [6.07, 6.45) is 0.425. The number of rotatable bonds is 5. The van der Waals surface area contributed by atoms with Gasteiger partial charge in [-0.25, -0.2) is 0 Å². The summed E-state index contributed by atoms with van der Waals surface area (Å²) >= 11 is 7.42. The molecule has 0 spiro atoms. The first-order valence-corrected chi connectivity index (χ1v) is 7.54. The molecule has 2 rings (SSSR count). The van der Waals surface area contributed by atoms with Gasteiger partial charge in [0, 0.05) is 17.2 Å². The summed E-state index contributed by atoms with van der Waals surface area (Å²) in [6.45, 7) is 1.79. The zero-order chi connectivity index (χ0) is 14.4. The average Bonchev–Trinajstić information content (AvgIpc) is 2.48. The standard InChI is InChI=1S/C14H14ClN3OS/c1-2-13(19)16-12-7-8-14(18-17-12)20-9-10-3-5-11(15)6-4-10/h3-8H,2,9H2,1H3,(H,16,17,19). The largest absolute Gasteiger partial charge is 0.309 e. The lowest BCUT2D eigenvalue weighted by Crippen LogP contribution is -2.11. The predicted octanol–water partition coefficient (Wildman–Crippen LogP) is 3.77. The number of carbonyl (C=O) groups is 1. The van der Waals surface area contributed by atoms with Gasteiger partial charge in [0.25, 0.3) is 0 Å². The molecule has 20 heavy (non-hydrogen) atoms. The van der Waals surface area contributed by atoms with E-state index in [1.807, 2.05) is 30.3 Å². The van der Waals surface area contributed by atoms with Gasteiger partial charge in [-0.05, 0) is 29.8 Å². The molecular weight excluding hydrogens is 294 g/mol. The number of nitrogens with zero attached hydrogens (tertiary/aromatic N) is 2. The highest BCUT2D eigenvalue weighted by Crippen LogP contribution is 2.21. The molecule has 0 fully saturated rings. The Bertz CT molecular complexity index is 572. The van der Waals surface area contributed by atoms with Gasteiger partial charge in [-0.3, -0.25) is 4.79 Å². The van der Waals surface area contributed by atoms with Gasteiger partial charge in [0.15, 0.2) is 5.82 Å². The summed E-state index contributed by atoms with van der Waals surface area (Å²) in [6, 6.07) is 11.3. The zero-order valence-corrected chi connectivity index (χ0v) is 12.5. The minimum atomic E-state index is -0.0686. The molecule has 0 bridgehead atoms. The van der Waals surface area contributed by atoms with Crippen molar-refractivity contribution in [2.45, 2.75) is 24.1 Å². The predicted molar refractivity (Wildman–Crippen MR) is 82.0 cm³/mol. The summed E-state index contributed by atoms with van der Waals surface area (Å²) in [4.78, 5) is 11.2. The first-order chi connectivity index (χ1) is 9.67. The Hall–Kier alpha value is -1.59. The van der Waals surface area contributed by atoms with Crippen molar-refractivity contribution in [3.05, 3.63) is 47.0 Å². The molecule has 104 valence electrons. The molecule has 0 unspecified atom stereocenters. The maximum atomic E-state index is 11.2. The third-order valence-corrected chi connectivity index (χ3v) is 3.77. The van der Waals surface area contributed by atoms with Crippen LogP contribution < -0.4 is 5.32 Å². The number of hydrogen-bond acceptors (Lipinski definition) is 4. The van der Waals surface area contributed by atoms with E-state index in [1.54, 1.807) is 24.8 Å². The van der Waals surface area contributed by atoms with Gasteiger partial charge in [0.1, 0.15) is 5.03 Å². The van der Waals surface area contributed by atoms with Crippen LogP contribution in [0.5, 0.6) is 0 Å². The molecule has 1 heterocycles. The zero-order valence-electron chi connectivity index (χ0n) is 11.0. The number of thioether (sulfide) groups is 1. The fourth-order valence-corrected chi connectivity index (χ4v) is 2.33.